The molecule has 2 aromatic rings. The third-order valence-electron chi connectivity index (χ3n) is 2.92. The molecule has 0 aliphatic carbocycles. The lowest BCUT2D eigenvalue weighted by Gasteiger charge is -2.09. The molecule has 0 saturated heterocycles. The second kappa shape index (κ2) is 8.02. The second-order valence-corrected chi connectivity index (χ2v) is 4.48. The average molecular weight is 340 g/mol. The SMILES string of the molecule is COc1cc([N+](=O)[O-])ccc1NC(=O)/C(C#N)=C\Nc1ncccn1. The van der Waals surface area contributed by atoms with Gasteiger partial charge in [0.05, 0.1) is 23.8 Å². The number of nitrogens with one attached hydrogen (secondary N) is 2. The van der Waals surface area contributed by atoms with Crippen LogP contribution in [0, 0.1) is 21.4 Å². The smallest absolute Gasteiger partial charge is 0.273 e. The predicted molar refractivity (Wildman–Crippen MR) is 87.6 cm³/mol. The fourth-order valence-corrected chi connectivity index (χ4v) is 1.75. The number of anilines is 2. The van der Waals surface area contributed by atoms with Crippen LogP contribution in [-0.4, -0.2) is 27.9 Å². The number of nitro groups is 1. The van der Waals surface area contributed by atoms with E-state index < -0.39 is 10.8 Å². The van der Waals surface area contributed by atoms with E-state index in [1.54, 1.807) is 12.1 Å². The van der Waals surface area contributed by atoms with E-state index in [-0.39, 0.29) is 28.6 Å². The molecule has 2 rings (SSSR count). The van der Waals surface area contributed by atoms with E-state index in [9.17, 15) is 14.9 Å². The lowest BCUT2D eigenvalue weighted by molar-refractivity contribution is -0.384. The van der Waals surface area contributed by atoms with Crippen LogP contribution in [-0.2, 0) is 4.79 Å². The average Bonchev–Trinajstić information content (AvgIpc) is 2.63. The Hall–Kier alpha value is -4.00. The first-order chi connectivity index (χ1) is 12.0. The number of hydrogen-bond donors (Lipinski definition) is 2. The van der Waals surface area contributed by atoms with Crippen LogP contribution < -0.4 is 15.4 Å². The minimum atomic E-state index is -0.724. The van der Waals surface area contributed by atoms with Gasteiger partial charge in [-0.1, -0.05) is 0 Å². The Labute approximate surface area is 141 Å². The number of methoxy groups -OCH3 is 1. The summed E-state index contributed by atoms with van der Waals surface area (Å²) in [5.41, 5.74) is -0.239. The number of hydrogen-bond acceptors (Lipinski definition) is 8. The molecule has 126 valence electrons. The Bertz CT molecular complexity index is 860. The number of benzene rings is 1. The molecule has 0 saturated carbocycles. The highest BCUT2D eigenvalue weighted by atomic mass is 16.6. The molecule has 1 aromatic heterocycles. The van der Waals surface area contributed by atoms with Gasteiger partial charge in [-0.05, 0) is 12.1 Å². The molecule has 0 radical (unpaired) electrons. The normalized spacial score (nSPS) is 10.5. The molecular formula is C15H12N6O4. The summed E-state index contributed by atoms with van der Waals surface area (Å²) in [5, 5.41) is 25.0. The van der Waals surface area contributed by atoms with Crippen molar-refractivity contribution in [3.63, 3.8) is 0 Å². The zero-order valence-corrected chi connectivity index (χ0v) is 13.0. The monoisotopic (exact) mass is 340 g/mol. The summed E-state index contributed by atoms with van der Waals surface area (Å²) in [7, 11) is 1.31. The van der Waals surface area contributed by atoms with Crippen molar-refractivity contribution in [1.82, 2.24) is 9.97 Å². The molecule has 0 aliphatic heterocycles. The molecule has 0 fully saturated rings. The van der Waals surface area contributed by atoms with Crippen molar-refractivity contribution in [2.24, 2.45) is 0 Å². The molecule has 0 bridgehead atoms. The second-order valence-electron chi connectivity index (χ2n) is 4.48. The van der Waals surface area contributed by atoms with E-state index in [0.29, 0.717) is 0 Å². The van der Waals surface area contributed by atoms with Crippen LogP contribution in [0.3, 0.4) is 0 Å². The van der Waals surface area contributed by atoms with Crippen molar-refractivity contribution in [3.05, 3.63) is 58.5 Å². The van der Waals surface area contributed by atoms with Crippen LogP contribution in [0.1, 0.15) is 0 Å². The topological polar surface area (TPSA) is 143 Å². The summed E-state index contributed by atoms with van der Waals surface area (Å²) >= 11 is 0. The van der Waals surface area contributed by atoms with Crippen LogP contribution in [0.15, 0.2) is 48.4 Å². The standard InChI is InChI=1S/C15H12N6O4/c1-25-13-7-11(21(23)24)3-4-12(13)20-14(22)10(8-16)9-19-15-17-5-2-6-18-15/h2-7,9H,1H3,(H,20,22)(H,17,18,19)/b10-9-. The number of carbonyl (C=O) groups excluding carboxylic acids is 1. The third-order valence-corrected chi connectivity index (χ3v) is 2.92. The number of nitriles is 1. The number of amides is 1. The van der Waals surface area contributed by atoms with E-state index in [4.69, 9.17) is 10.00 Å². The van der Waals surface area contributed by atoms with Gasteiger partial charge in [-0.15, -0.1) is 0 Å². The van der Waals surface area contributed by atoms with Gasteiger partial charge < -0.3 is 15.4 Å². The van der Waals surface area contributed by atoms with Gasteiger partial charge in [0.2, 0.25) is 5.95 Å². The van der Waals surface area contributed by atoms with Gasteiger partial charge in [0.25, 0.3) is 11.6 Å². The summed E-state index contributed by atoms with van der Waals surface area (Å²) in [6.07, 6.45) is 4.15. The van der Waals surface area contributed by atoms with E-state index >= 15 is 0 Å². The maximum absolute atomic E-state index is 12.2. The molecule has 1 heterocycles. The Morgan fingerprint density at radius 2 is 2.12 bits per heavy atom. The van der Waals surface area contributed by atoms with Crippen LogP contribution in [0.25, 0.3) is 0 Å². The first-order valence-corrected chi connectivity index (χ1v) is 6.82. The van der Waals surface area contributed by atoms with E-state index in [0.717, 1.165) is 6.20 Å². The fourth-order valence-electron chi connectivity index (χ4n) is 1.75. The molecule has 1 amide bonds. The molecule has 1 aromatic carbocycles. The number of rotatable bonds is 6. The number of nitro benzene ring substituents is 1. The highest BCUT2D eigenvalue weighted by Gasteiger charge is 2.15. The molecule has 25 heavy (non-hydrogen) atoms. The van der Waals surface area contributed by atoms with Gasteiger partial charge in [-0.2, -0.15) is 5.26 Å². The van der Waals surface area contributed by atoms with Crippen molar-refractivity contribution in [2.75, 3.05) is 17.7 Å². The number of nitrogens with zero attached hydrogens (tertiary/aromatic N) is 4. The maximum atomic E-state index is 12.2. The first-order valence-electron chi connectivity index (χ1n) is 6.82. The third kappa shape index (κ3) is 4.49. The molecular weight excluding hydrogens is 328 g/mol. The van der Waals surface area contributed by atoms with Gasteiger partial charge in [0, 0.05) is 24.7 Å². The Kier molecular flexibility index (Phi) is 5.57. The quantitative estimate of drug-likeness (QED) is 0.351. The summed E-state index contributed by atoms with van der Waals surface area (Å²) < 4.78 is 5.02. The predicted octanol–water partition coefficient (Wildman–Crippen LogP) is 1.85. The highest BCUT2D eigenvalue weighted by Crippen LogP contribution is 2.29. The summed E-state index contributed by atoms with van der Waals surface area (Å²) in [6, 6.07) is 7.06. The van der Waals surface area contributed by atoms with E-state index in [1.807, 2.05) is 0 Å². The van der Waals surface area contributed by atoms with E-state index in [1.165, 1.54) is 37.7 Å². The number of non-ortho nitro benzene ring substituents is 1. The van der Waals surface area contributed by atoms with Crippen molar-refractivity contribution in [2.45, 2.75) is 0 Å². The van der Waals surface area contributed by atoms with Crippen LogP contribution >= 0.6 is 0 Å². The lowest BCUT2D eigenvalue weighted by atomic mass is 10.2. The Balaban J connectivity index is 2.17. The molecule has 10 nitrogen and oxygen atoms in total. The molecule has 0 atom stereocenters. The Morgan fingerprint density at radius 1 is 1.40 bits per heavy atom. The Morgan fingerprint density at radius 3 is 2.72 bits per heavy atom. The maximum Gasteiger partial charge on any atom is 0.273 e. The summed E-state index contributed by atoms with van der Waals surface area (Å²) in [6.45, 7) is 0. The zero-order chi connectivity index (χ0) is 18.2. The minimum Gasteiger partial charge on any atom is -0.494 e. The first kappa shape index (κ1) is 17.4. The number of aromatic nitrogens is 2. The van der Waals surface area contributed by atoms with Crippen molar-refractivity contribution in [1.29, 1.82) is 5.26 Å². The molecule has 0 aliphatic rings. The van der Waals surface area contributed by atoms with Gasteiger partial charge in [-0.25, -0.2) is 9.97 Å². The van der Waals surface area contributed by atoms with Gasteiger partial charge in [0.15, 0.2) is 0 Å². The van der Waals surface area contributed by atoms with Gasteiger partial charge in [0.1, 0.15) is 17.4 Å². The van der Waals surface area contributed by atoms with Gasteiger partial charge in [-0.3, -0.25) is 14.9 Å². The molecule has 0 unspecified atom stereocenters. The molecule has 10 heteroatoms. The van der Waals surface area contributed by atoms with Crippen LogP contribution in [0.4, 0.5) is 17.3 Å². The van der Waals surface area contributed by atoms with Crippen LogP contribution in [0.2, 0.25) is 0 Å². The minimum absolute atomic E-state index is 0.0965. The van der Waals surface area contributed by atoms with Crippen molar-refractivity contribution < 1.29 is 14.5 Å². The molecule has 2 N–H and O–H groups in total. The highest BCUT2D eigenvalue weighted by molar-refractivity contribution is 6.07. The zero-order valence-electron chi connectivity index (χ0n) is 13.0. The van der Waals surface area contributed by atoms with Gasteiger partial charge >= 0.3 is 0 Å². The lowest BCUT2D eigenvalue weighted by Crippen LogP contribution is -2.15. The molecule has 0 spiro atoms. The fraction of sp³-hybridized carbons (Fsp3) is 0.0667. The number of ether oxygens (including phenoxy) is 1. The summed E-state index contributed by atoms with van der Waals surface area (Å²) in [5.74, 6) is -0.409. The van der Waals surface area contributed by atoms with Crippen molar-refractivity contribution in [3.8, 4) is 11.8 Å². The summed E-state index contributed by atoms with van der Waals surface area (Å²) in [4.78, 5) is 30.1. The van der Waals surface area contributed by atoms with Crippen LogP contribution in [0.5, 0.6) is 5.75 Å². The van der Waals surface area contributed by atoms with Crippen molar-refractivity contribution >= 4 is 23.2 Å². The number of carbonyl (C=O) groups is 1. The largest absolute Gasteiger partial charge is 0.494 e. The van der Waals surface area contributed by atoms with E-state index in [2.05, 4.69) is 20.6 Å².